The van der Waals surface area contributed by atoms with E-state index in [1.54, 1.807) is 18.2 Å². The van der Waals surface area contributed by atoms with Crippen molar-refractivity contribution in [3.63, 3.8) is 0 Å². The standard InChI is InChI=1S/C29H29ClN4O5/c1-14-7-12-20(38-6)32-27(14)34-13-16-17(30)9-10-18(21(16)28(34)37)31-22-23(25(36)24(22)35)33-26(29(3,4)5)19-11-8-15(2)39-19/h7-12,26,31,33H,13H2,1-6H3/t26-/m0/s1. The summed E-state index contributed by atoms with van der Waals surface area (Å²) in [4.78, 5) is 45.1. The first-order valence-electron chi connectivity index (χ1n) is 12.5. The Hall–Kier alpha value is -4.11. The summed E-state index contributed by atoms with van der Waals surface area (Å²) in [7, 11) is 1.51. The maximum Gasteiger partial charge on any atom is 0.262 e. The lowest BCUT2D eigenvalue weighted by molar-refractivity contribution is 0.0996. The van der Waals surface area contributed by atoms with E-state index in [1.807, 2.05) is 52.8 Å². The molecule has 2 aromatic carbocycles. The van der Waals surface area contributed by atoms with E-state index >= 15 is 0 Å². The molecule has 202 valence electrons. The molecule has 39 heavy (non-hydrogen) atoms. The van der Waals surface area contributed by atoms with Crippen LogP contribution >= 0.6 is 11.6 Å². The first kappa shape index (κ1) is 26.5. The number of anilines is 4. The van der Waals surface area contributed by atoms with Crippen molar-refractivity contribution in [2.24, 2.45) is 5.41 Å². The molecule has 2 aromatic heterocycles. The van der Waals surface area contributed by atoms with Crippen LogP contribution in [0.15, 0.2) is 50.4 Å². The summed E-state index contributed by atoms with van der Waals surface area (Å²) in [5.74, 6) is 1.90. The van der Waals surface area contributed by atoms with Gasteiger partial charge < -0.3 is 19.8 Å². The average molecular weight is 549 g/mol. The average Bonchev–Trinajstić information content (AvgIpc) is 3.47. The zero-order chi connectivity index (χ0) is 28.2. The Morgan fingerprint density at radius 2 is 1.74 bits per heavy atom. The summed E-state index contributed by atoms with van der Waals surface area (Å²) in [6.07, 6.45) is 0. The first-order chi connectivity index (χ1) is 18.4. The second-order valence-corrected chi connectivity index (χ2v) is 11.2. The van der Waals surface area contributed by atoms with E-state index in [-0.39, 0.29) is 35.3 Å². The topological polar surface area (TPSA) is 114 Å². The molecule has 0 saturated heterocycles. The molecular formula is C29H29ClN4O5. The zero-order valence-electron chi connectivity index (χ0n) is 22.6. The molecule has 3 heterocycles. The molecule has 10 heteroatoms. The van der Waals surface area contributed by atoms with Gasteiger partial charge in [0.25, 0.3) is 16.8 Å². The highest BCUT2D eigenvalue weighted by atomic mass is 35.5. The number of hydrogen-bond donors (Lipinski definition) is 2. The lowest BCUT2D eigenvalue weighted by Gasteiger charge is -2.31. The second-order valence-electron chi connectivity index (χ2n) is 10.8. The molecule has 0 aliphatic carbocycles. The molecule has 0 unspecified atom stereocenters. The highest BCUT2D eigenvalue weighted by Crippen LogP contribution is 2.41. The number of amides is 1. The molecule has 0 radical (unpaired) electrons. The molecule has 4 aromatic rings. The molecule has 1 atom stereocenters. The number of carbonyl (C=O) groups excluding carboxylic acids is 1. The second kappa shape index (κ2) is 9.57. The van der Waals surface area contributed by atoms with Crippen LogP contribution in [0.5, 0.6) is 5.88 Å². The number of aryl methyl sites for hydroxylation is 2. The molecule has 1 aliphatic heterocycles. The van der Waals surface area contributed by atoms with Gasteiger partial charge in [-0.05, 0) is 49.1 Å². The third-order valence-electron chi connectivity index (χ3n) is 6.91. The van der Waals surface area contributed by atoms with Gasteiger partial charge in [0.1, 0.15) is 28.7 Å². The van der Waals surface area contributed by atoms with Crippen molar-refractivity contribution in [3.05, 3.63) is 90.1 Å². The summed E-state index contributed by atoms with van der Waals surface area (Å²) < 4.78 is 11.1. The monoisotopic (exact) mass is 548 g/mol. The quantitative estimate of drug-likeness (QED) is 0.285. The van der Waals surface area contributed by atoms with Gasteiger partial charge in [0.05, 0.1) is 30.9 Å². The Balaban J connectivity index is 1.50. The number of hydrogen-bond acceptors (Lipinski definition) is 8. The van der Waals surface area contributed by atoms with E-state index in [0.717, 1.165) is 11.3 Å². The third kappa shape index (κ3) is 4.57. The number of nitrogens with one attached hydrogen (secondary N) is 2. The van der Waals surface area contributed by atoms with Crippen LogP contribution in [0.25, 0.3) is 0 Å². The molecule has 0 saturated carbocycles. The van der Waals surface area contributed by atoms with Crippen LogP contribution in [0, 0.1) is 19.3 Å². The van der Waals surface area contributed by atoms with Gasteiger partial charge >= 0.3 is 0 Å². The SMILES string of the molecule is COc1ccc(C)c(N2Cc3c(Cl)ccc(Nc4c(N[C@@H](c5ccc(C)o5)C(C)(C)C)c(=O)c4=O)c3C2=O)n1. The van der Waals surface area contributed by atoms with E-state index in [1.165, 1.54) is 12.0 Å². The van der Waals surface area contributed by atoms with Crippen LogP contribution in [0.1, 0.15) is 59.8 Å². The predicted octanol–water partition coefficient (Wildman–Crippen LogP) is 5.65. The maximum atomic E-state index is 13.7. The predicted molar refractivity (Wildman–Crippen MR) is 151 cm³/mol. The van der Waals surface area contributed by atoms with Crippen LogP contribution < -0.4 is 31.1 Å². The minimum atomic E-state index is -0.669. The van der Waals surface area contributed by atoms with Crippen molar-refractivity contribution in [1.29, 1.82) is 0 Å². The Kier molecular flexibility index (Phi) is 6.50. The summed E-state index contributed by atoms with van der Waals surface area (Å²) >= 11 is 6.50. The highest BCUT2D eigenvalue weighted by molar-refractivity contribution is 6.33. The van der Waals surface area contributed by atoms with Gasteiger partial charge in [-0.1, -0.05) is 38.4 Å². The van der Waals surface area contributed by atoms with Crippen molar-refractivity contribution in [3.8, 4) is 5.88 Å². The minimum absolute atomic E-state index is 0.0870. The fraction of sp³-hybridized carbons (Fsp3) is 0.310. The van der Waals surface area contributed by atoms with Crippen LogP contribution in [0.2, 0.25) is 5.02 Å². The number of rotatable bonds is 7. The van der Waals surface area contributed by atoms with Crippen molar-refractivity contribution in [2.45, 2.75) is 47.2 Å². The highest BCUT2D eigenvalue weighted by Gasteiger charge is 2.37. The molecule has 2 N–H and O–H groups in total. The third-order valence-corrected chi connectivity index (χ3v) is 7.26. The fourth-order valence-corrected chi connectivity index (χ4v) is 5.02. The number of nitrogens with zero attached hydrogens (tertiary/aromatic N) is 2. The summed E-state index contributed by atoms with van der Waals surface area (Å²) in [6.45, 7) is 9.92. The molecule has 0 spiro atoms. The normalized spacial score (nSPS) is 14.0. The van der Waals surface area contributed by atoms with Gasteiger partial charge in [0.2, 0.25) is 5.88 Å². The number of furan rings is 1. The zero-order valence-corrected chi connectivity index (χ0v) is 23.3. The molecular weight excluding hydrogens is 520 g/mol. The van der Waals surface area contributed by atoms with Crippen LogP contribution in [-0.2, 0) is 6.54 Å². The number of ether oxygens (including phenoxy) is 1. The number of aromatic nitrogens is 1. The smallest absolute Gasteiger partial charge is 0.262 e. The van der Waals surface area contributed by atoms with E-state index in [0.29, 0.717) is 39.3 Å². The molecule has 1 amide bonds. The summed E-state index contributed by atoms with van der Waals surface area (Å²) in [5.41, 5.74) is 0.663. The lowest BCUT2D eigenvalue weighted by Crippen LogP contribution is -2.39. The van der Waals surface area contributed by atoms with Crippen LogP contribution in [-0.4, -0.2) is 18.0 Å². The Bertz CT molecular complexity index is 1680. The van der Waals surface area contributed by atoms with Crippen LogP contribution in [0.3, 0.4) is 0 Å². The van der Waals surface area contributed by atoms with E-state index in [9.17, 15) is 14.4 Å². The molecule has 9 nitrogen and oxygen atoms in total. The van der Waals surface area contributed by atoms with Gasteiger partial charge in [0.15, 0.2) is 0 Å². The Morgan fingerprint density at radius 3 is 2.38 bits per heavy atom. The van der Waals surface area contributed by atoms with Gasteiger partial charge in [0, 0.05) is 16.7 Å². The summed E-state index contributed by atoms with van der Waals surface area (Å²) in [6, 6.07) is 10.2. The van der Waals surface area contributed by atoms with Gasteiger partial charge in [-0.3, -0.25) is 19.3 Å². The number of carbonyl (C=O) groups is 1. The number of benzene rings is 1. The van der Waals surface area contributed by atoms with Gasteiger partial charge in [-0.2, -0.15) is 4.98 Å². The van der Waals surface area contributed by atoms with Gasteiger partial charge in [-0.15, -0.1) is 0 Å². The van der Waals surface area contributed by atoms with E-state index in [2.05, 4.69) is 15.6 Å². The molecule has 0 bridgehead atoms. The van der Waals surface area contributed by atoms with E-state index in [4.69, 9.17) is 20.8 Å². The molecule has 0 fully saturated rings. The lowest BCUT2D eigenvalue weighted by atomic mass is 9.85. The molecule has 5 rings (SSSR count). The van der Waals surface area contributed by atoms with Gasteiger partial charge in [-0.25, -0.2) is 0 Å². The minimum Gasteiger partial charge on any atom is -0.481 e. The summed E-state index contributed by atoms with van der Waals surface area (Å²) in [5, 5.41) is 6.69. The van der Waals surface area contributed by atoms with Crippen molar-refractivity contribution in [1.82, 2.24) is 4.98 Å². The number of pyridine rings is 1. The maximum absolute atomic E-state index is 13.7. The van der Waals surface area contributed by atoms with Crippen molar-refractivity contribution >= 4 is 40.4 Å². The first-order valence-corrected chi connectivity index (χ1v) is 12.9. The number of halogens is 1. The van der Waals surface area contributed by atoms with Crippen LogP contribution in [0.4, 0.5) is 22.9 Å². The Morgan fingerprint density at radius 1 is 1.03 bits per heavy atom. The van der Waals surface area contributed by atoms with E-state index < -0.39 is 10.9 Å². The molecule has 1 aliphatic rings. The Labute approximate surface area is 230 Å². The van der Waals surface area contributed by atoms with Crippen molar-refractivity contribution < 1.29 is 13.9 Å². The van der Waals surface area contributed by atoms with Crippen molar-refractivity contribution in [2.75, 3.05) is 22.6 Å². The largest absolute Gasteiger partial charge is 0.481 e. The fourth-order valence-electron chi connectivity index (χ4n) is 4.80. The number of methoxy groups -OCH3 is 1. The number of fused-ring (bicyclic) bond motifs is 1.